The number of nitrogens with zero attached hydrogens (tertiary/aromatic N) is 2. The molecule has 0 fully saturated rings. The molecule has 0 aliphatic carbocycles. The minimum Gasteiger partial charge on any atom is -0.495 e. The summed E-state index contributed by atoms with van der Waals surface area (Å²) in [7, 11) is 1.49. The molecule has 3 aromatic rings. The lowest BCUT2D eigenvalue weighted by molar-refractivity contribution is -0.115. The summed E-state index contributed by atoms with van der Waals surface area (Å²) in [5, 5.41) is 1.93. The molecule has 0 unspecified atom stereocenters. The predicted octanol–water partition coefficient (Wildman–Crippen LogP) is 4.47. The van der Waals surface area contributed by atoms with E-state index in [0.29, 0.717) is 22.3 Å². The van der Waals surface area contributed by atoms with Crippen molar-refractivity contribution in [2.45, 2.75) is 13.5 Å². The zero-order valence-corrected chi connectivity index (χ0v) is 16.3. The number of hydrogen-bond donors (Lipinski definition) is 0. The first-order chi connectivity index (χ1) is 13.9. The van der Waals surface area contributed by atoms with Crippen LogP contribution in [0.3, 0.4) is 0 Å². The summed E-state index contributed by atoms with van der Waals surface area (Å²) in [5.74, 6) is -2.95. The topological polar surface area (TPSA) is 68.7 Å². The summed E-state index contributed by atoms with van der Waals surface area (Å²) in [6.45, 7) is 1.08. The summed E-state index contributed by atoms with van der Waals surface area (Å²) < 4.78 is 37.6. The molecular formula is C20H16F2N2O4S. The summed E-state index contributed by atoms with van der Waals surface area (Å²) in [6.07, 6.45) is 0. The van der Waals surface area contributed by atoms with Gasteiger partial charge in [0.1, 0.15) is 29.6 Å². The fraction of sp³-hybridized carbons (Fsp3) is 0.150. The third-order valence-corrected chi connectivity index (χ3v) is 4.76. The molecule has 29 heavy (non-hydrogen) atoms. The van der Waals surface area contributed by atoms with Crippen molar-refractivity contribution in [2.75, 3.05) is 12.0 Å². The number of amides is 1. The van der Waals surface area contributed by atoms with E-state index in [1.165, 1.54) is 18.9 Å². The van der Waals surface area contributed by atoms with Crippen LogP contribution in [0, 0.1) is 11.6 Å². The van der Waals surface area contributed by atoms with Crippen LogP contribution < -0.4 is 9.64 Å². The molecule has 0 bridgehead atoms. The monoisotopic (exact) mass is 418 g/mol. The Balaban J connectivity index is 1.79. The van der Waals surface area contributed by atoms with Crippen LogP contribution in [0.5, 0.6) is 5.75 Å². The molecule has 9 heteroatoms. The molecule has 1 heterocycles. The first kappa shape index (κ1) is 20.4. The maximum absolute atomic E-state index is 13.7. The fourth-order valence-corrected chi connectivity index (χ4v) is 3.46. The Morgan fingerprint density at radius 1 is 1.10 bits per heavy atom. The Hall–Kier alpha value is -3.33. The van der Waals surface area contributed by atoms with Crippen LogP contribution in [0.4, 0.5) is 19.6 Å². The number of para-hydroxylation sites is 2. The van der Waals surface area contributed by atoms with Gasteiger partial charge in [-0.15, -0.1) is 11.3 Å². The lowest BCUT2D eigenvalue weighted by atomic mass is 10.2. The Bertz CT molecular complexity index is 1030. The van der Waals surface area contributed by atoms with Crippen molar-refractivity contribution in [1.29, 1.82) is 0 Å². The average Bonchev–Trinajstić information content (AvgIpc) is 3.15. The van der Waals surface area contributed by atoms with Gasteiger partial charge in [0.15, 0.2) is 5.13 Å². The van der Waals surface area contributed by atoms with E-state index >= 15 is 0 Å². The SMILES string of the molecule is COc1ccccc1N(C(C)=O)c1nc(COC(=O)c2c(F)cccc2F)cs1. The predicted molar refractivity (Wildman–Crippen MR) is 103 cm³/mol. The minimum absolute atomic E-state index is 0.291. The summed E-state index contributed by atoms with van der Waals surface area (Å²) in [6, 6.07) is 10.1. The second kappa shape index (κ2) is 8.78. The number of esters is 1. The highest BCUT2D eigenvalue weighted by Gasteiger charge is 2.22. The fourth-order valence-electron chi connectivity index (χ4n) is 2.59. The lowest BCUT2D eigenvalue weighted by Crippen LogP contribution is -2.23. The van der Waals surface area contributed by atoms with E-state index in [0.717, 1.165) is 29.5 Å². The van der Waals surface area contributed by atoms with Gasteiger partial charge in [-0.1, -0.05) is 18.2 Å². The van der Waals surface area contributed by atoms with Crippen molar-refractivity contribution in [1.82, 2.24) is 4.98 Å². The van der Waals surface area contributed by atoms with E-state index in [1.807, 2.05) is 0 Å². The molecule has 6 nitrogen and oxygen atoms in total. The Morgan fingerprint density at radius 2 is 1.79 bits per heavy atom. The number of ether oxygens (including phenoxy) is 2. The molecule has 1 amide bonds. The molecule has 150 valence electrons. The normalized spacial score (nSPS) is 10.5. The number of carbonyl (C=O) groups is 2. The molecule has 0 atom stereocenters. The van der Waals surface area contributed by atoms with Gasteiger partial charge in [0.2, 0.25) is 5.91 Å². The van der Waals surface area contributed by atoms with Crippen LogP contribution >= 0.6 is 11.3 Å². The summed E-state index contributed by atoms with van der Waals surface area (Å²) in [5.41, 5.74) is 0.0763. The average molecular weight is 418 g/mol. The molecule has 0 N–H and O–H groups in total. The molecule has 0 aliphatic heterocycles. The van der Waals surface area contributed by atoms with Crippen molar-refractivity contribution in [3.05, 3.63) is 70.7 Å². The van der Waals surface area contributed by atoms with Gasteiger partial charge in [0.05, 0.1) is 18.5 Å². The van der Waals surface area contributed by atoms with Crippen molar-refractivity contribution in [3.8, 4) is 5.75 Å². The van der Waals surface area contributed by atoms with Gasteiger partial charge >= 0.3 is 5.97 Å². The largest absolute Gasteiger partial charge is 0.495 e. The third kappa shape index (κ3) is 4.40. The zero-order valence-electron chi connectivity index (χ0n) is 15.5. The zero-order chi connectivity index (χ0) is 21.0. The number of halogens is 2. The highest BCUT2D eigenvalue weighted by atomic mass is 32.1. The number of anilines is 2. The molecular weight excluding hydrogens is 402 g/mol. The van der Waals surface area contributed by atoms with Gasteiger partial charge < -0.3 is 9.47 Å². The van der Waals surface area contributed by atoms with Gasteiger partial charge in [-0.05, 0) is 24.3 Å². The van der Waals surface area contributed by atoms with Gasteiger partial charge in [-0.25, -0.2) is 18.6 Å². The van der Waals surface area contributed by atoms with Gasteiger partial charge in [0, 0.05) is 12.3 Å². The van der Waals surface area contributed by atoms with E-state index in [9.17, 15) is 18.4 Å². The number of carbonyl (C=O) groups excluding carboxylic acids is 2. The van der Waals surface area contributed by atoms with E-state index in [4.69, 9.17) is 9.47 Å². The Kier molecular flexibility index (Phi) is 6.18. The van der Waals surface area contributed by atoms with E-state index in [1.54, 1.807) is 29.6 Å². The smallest absolute Gasteiger partial charge is 0.344 e. The minimum atomic E-state index is -1.14. The van der Waals surface area contributed by atoms with Crippen LogP contribution in [0.25, 0.3) is 0 Å². The summed E-state index contributed by atoms with van der Waals surface area (Å²) in [4.78, 5) is 29.9. The second-order valence-electron chi connectivity index (χ2n) is 5.82. The Labute approximate surface area is 169 Å². The highest BCUT2D eigenvalue weighted by Crippen LogP contribution is 2.35. The van der Waals surface area contributed by atoms with Gasteiger partial charge in [-0.3, -0.25) is 9.69 Å². The van der Waals surface area contributed by atoms with Crippen molar-refractivity contribution >= 4 is 34.0 Å². The molecule has 0 radical (unpaired) electrons. The van der Waals surface area contributed by atoms with Gasteiger partial charge in [-0.2, -0.15) is 0 Å². The van der Waals surface area contributed by atoms with Crippen LogP contribution in [0.2, 0.25) is 0 Å². The number of benzene rings is 2. The highest BCUT2D eigenvalue weighted by molar-refractivity contribution is 7.14. The first-order valence-corrected chi connectivity index (χ1v) is 9.29. The first-order valence-electron chi connectivity index (χ1n) is 8.41. The maximum atomic E-state index is 13.7. The van der Waals surface area contributed by atoms with E-state index in [2.05, 4.69) is 4.98 Å². The van der Waals surface area contributed by atoms with Crippen molar-refractivity contribution < 1.29 is 27.8 Å². The maximum Gasteiger partial charge on any atom is 0.344 e. The van der Waals surface area contributed by atoms with Crippen LogP contribution in [0.15, 0.2) is 47.8 Å². The Morgan fingerprint density at radius 3 is 2.45 bits per heavy atom. The molecule has 2 aromatic carbocycles. The van der Waals surface area contributed by atoms with Crippen LogP contribution in [0.1, 0.15) is 23.0 Å². The summed E-state index contributed by atoms with van der Waals surface area (Å²) >= 11 is 1.15. The van der Waals surface area contributed by atoms with E-state index < -0.39 is 23.2 Å². The molecule has 1 aromatic heterocycles. The number of hydrogen-bond acceptors (Lipinski definition) is 6. The lowest BCUT2D eigenvalue weighted by Gasteiger charge is -2.20. The molecule has 0 spiro atoms. The number of rotatable bonds is 6. The second-order valence-corrected chi connectivity index (χ2v) is 6.66. The van der Waals surface area contributed by atoms with E-state index in [-0.39, 0.29) is 12.5 Å². The van der Waals surface area contributed by atoms with Crippen molar-refractivity contribution in [2.24, 2.45) is 0 Å². The molecule has 0 saturated heterocycles. The molecule has 0 saturated carbocycles. The molecule has 3 rings (SSSR count). The molecule has 0 aliphatic rings. The quantitative estimate of drug-likeness (QED) is 0.553. The standard InChI is InChI=1S/C20H16F2N2O4S/c1-12(25)24(16-8-3-4-9-17(16)27-2)20-23-13(11-29-20)10-28-19(26)18-14(21)6-5-7-15(18)22/h3-9,11H,10H2,1-2H3. The number of aromatic nitrogens is 1. The number of methoxy groups -OCH3 is 1. The van der Waals surface area contributed by atoms with Gasteiger partial charge in [0.25, 0.3) is 0 Å². The van der Waals surface area contributed by atoms with Crippen molar-refractivity contribution in [3.63, 3.8) is 0 Å². The van der Waals surface area contributed by atoms with Crippen LogP contribution in [-0.2, 0) is 16.1 Å². The number of thiazole rings is 1. The third-order valence-electron chi connectivity index (χ3n) is 3.89. The van der Waals surface area contributed by atoms with Crippen LogP contribution in [-0.4, -0.2) is 24.0 Å².